The van der Waals surface area contributed by atoms with Crippen molar-refractivity contribution < 1.29 is 9.21 Å². The highest BCUT2D eigenvalue weighted by Gasteiger charge is 2.14. The molecule has 128 valence electrons. The molecule has 1 N–H and O–H groups in total. The van der Waals surface area contributed by atoms with E-state index in [0.717, 1.165) is 17.5 Å². The van der Waals surface area contributed by atoms with Crippen molar-refractivity contribution in [2.45, 2.75) is 19.8 Å². The number of aromatic nitrogens is 1. The van der Waals surface area contributed by atoms with Gasteiger partial charge in [0.15, 0.2) is 0 Å². The highest BCUT2D eigenvalue weighted by Crippen LogP contribution is 2.21. The lowest BCUT2D eigenvalue weighted by atomic mass is 10.1. The van der Waals surface area contributed by atoms with E-state index in [1.54, 1.807) is 0 Å². The van der Waals surface area contributed by atoms with Crippen LogP contribution in [-0.4, -0.2) is 17.4 Å². The largest absolute Gasteiger partial charge is 0.441 e. The van der Waals surface area contributed by atoms with Gasteiger partial charge in [0.1, 0.15) is 5.76 Å². The summed E-state index contributed by atoms with van der Waals surface area (Å²) in [7, 11) is 0. The van der Waals surface area contributed by atoms with Crippen LogP contribution < -0.4 is 5.32 Å². The van der Waals surface area contributed by atoms with Crippen molar-refractivity contribution in [3.63, 3.8) is 0 Å². The van der Waals surface area contributed by atoms with Gasteiger partial charge in [-0.2, -0.15) is 0 Å². The zero-order valence-electron chi connectivity index (χ0n) is 14.0. The third-order valence-electron chi connectivity index (χ3n) is 3.87. The van der Waals surface area contributed by atoms with Gasteiger partial charge in [0.05, 0.1) is 12.1 Å². The Labute approximate surface area is 151 Å². The minimum Gasteiger partial charge on any atom is -0.441 e. The maximum absolute atomic E-state index is 12.1. The summed E-state index contributed by atoms with van der Waals surface area (Å²) in [5.74, 6) is 1.14. The number of hydrogen-bond donors (Lipinski definition) is 1. The topological polar surface area (TPSA) is 55.1 Å². The lowest BCUT2D eigenvalue weighted by molar-refractivity contribution is -0.120. The van der Waals surface area contributed by atoms with Gasteiger partial charge in [-0.1, -0.05) is 41.9 Å². The summed E-state index contributed by atoms with van der Waals surface area (Å²) in [6.07, 6.45) is 0.942. The number of nitrogens with zero attached hydrogens (tertiary/aromatic N) is 1. The second-order valence-corrected chi connectivity index (χ2v) is 6.23. The molecule has 1 amide bonds. The number of halogens is 1. The van der Waals surface area contributed by atoms with Crippen molar-refractivity contribution in [3.8, 4) is 11.5 Å². The molecule has 0 saturated heterocycles. The molecule has 3 rings (SSSR count). The predicted octanol–water partition coefficient (Wildman–Crippen LogP) is 4.20. The molecule has 4 nitrogen and oxygen atoms in total. The van der Waals surface area contributed by atoms with Crippen LogP contribution in [0.4, 0.5) is 0 Å². The molecule has 0 atom stereocenters. The fourth-order valence-electron chi connectivity index (χ4n) is 2.55. The molecular weight excluding hydrogens is 336 g/mol. The molecule has 0 unspecified atom stereocenters. The lowest BCUT2D eigenvalue weighted by Crippen LogP contribution is -2.27. The van der Waals surface area contributed by atoms with E-state index < -0.39 is 0 Å². The minimum absolute atomic E-state index is 0.0713. The average Bonchev–Trinajstić information content (AvgIpc) is 2.96. The number of benzene rings is 2. The van der Waals surface area contributed by atoms with E-state index in [0.29, 0.717) is 28.9 Å². The number of hydrogen-bond acceptors (Lipinski definition) is 3. The molecule has 0 radical (unpaired) electrons. The van der Waals surface area contributed by atoms with Crippen LogP contribution in [0.1, 0.15) is 17.0 Å². The van der Waals surface area contributed by atoms with Crippen molar-refractivity contribution in [3.05, 3.63) is 76.6 Å². The maximum Gasteiger partial charge on any atom is 0.226 e. The van der Waals surface area contributed by atoms with Crippen LogP contribution in [-0.2, 0) is 17.6 Å². The molecule has 0 aliphatic heterocycles. The van der Waals surface area contributed by atoms with Crippen LogP contribution in [0.15, 0.2) is 59.0 Å². The zero-order chi connectivity index (χ0) is 17.6. The van der Waals surface area contributed by atoms with Gasteiger partial charge in [-0.25, -0.2) is 4.98 Å². The van der Waals surface area contributed by atoms with Crippen LogP contribution in [0, 0.1) is 6.92 Å². The van der Waals surface area contributed by atoms with Crippen molar-refractivity contribution in [1.29, 1.82) is 0 Å². The van der Waals surface area contributed by atoms with Gasteiger partial charge in [0.2, 0.25) is 11.8 Å². The van der Waals surface area contributed by atoms with E-state index >= 15 is 0 Å². The normalized spacial score (nSPS) is 10.6. The van der Waals surface area contributed by atoms with Crippen molar-refractivity contribution >= 4 is 17.5 Å². The monoisotopic (exact) mass is 354 g/mol. The Balaban J connectivity index is 1.55. The highest BCUT2D eigenvalue weighted by molar-refractivity contribution is 6.30. The van der Waals surface area contributed by atoms with Crippen molar-refractivity contribution in [1.82, 2.24) is 10.3 Å². The Kier molecular flexibility index (Phi) is 5.51. The van der Waals surface area contributed by atoms with Gasteiger partial charge in [-0.3, -0.25) is 4.79 Å². The lowest BCUT2D eigenvalue weighted by Gasteiger charge is -2.05. The summed E-state index contributed by atoms with van der Waals surface area (Å²) in [5.41, 5.74) is 2.66. The quantitative estimate of drug-likeness (QED) is 0.721. The van der Waals surface area contributed by atoms with Gasteiger partial charge in [-0.15, -0.1) is 0 Å². The fourth-order valence-corrected chi connectivity index (χ4v) is 2.76. The van der Waals surface area contributed by atoms with Crippen LogP contribution >= 0.6 is 11.6 Å². The molecule has 0 bridgehead atoms. The molecule has 0 aliphatic rings. The van der Waals surface area contributed by atoms with Gasteiger partial charge in [0, 0.05) is 17.1 Å². The third kappa shape index (κ3) is 4.70. The van der Waals surface area contributed by atoms with E-state index in [1.807, 2.05) is 61.5 Å². The Bertz CT molecular complexity index is 859. The number of carbonyl (C=O) groups excluding carboxylic acids is 1. The SMILES string of the molecule is Cc1oc(-c2ccccc2)nc1CC(=O)NCCc1cccc(Cl)c1. The first-order chi connectivity index (χ1) is 12.1. The highest BCUT2D eigenvalue weighted by atomic mass is 35.5. The number of nitrogens with one attached hydrogen (secondary N) is 1. The first kappa shape index (κ1) is 17.2. The van der Waals surface area contributed by atoms with E-state index in [9.17, 15) is 4.79 Å². The first-order valence-electron chi connectivity index (χ1n) is 8.14. The fraction of sp³-hybridized carbons (Fsp3) is 0.200. The van der Waals surface area contributed by atoms with Gasteiger partial charge in [0.25, 0.3) is 0 Å². The molecule has 1 aromatic heterocycles. The molecule has 5 heteroatoms. The Morgan fingerprint density at radius 1 is 1.16 bits per heavy atom. The summed E-state index contributed by atoms with van der Waals surface area (Å²) < 4.78 is 5.68. The predicted molar refractivity (Wildman–Crippen MR) is 98.5 cm³/mol. The van der Waals surface area contributed by atoms with E-state index in [2.05, 4.69) is 10.3 Å². The second kappa shape index (κ2) is 7.99. The van der Waals surface area contributed by atoms with Crippen LogP contribution in [0.25, 0.3) is 11.5 Å². The summed E-state index contributed by atoms with van der Waals surface area (Å²) in [6.45, 7) is 2.38. The zero-order valence-corrected chi connectivity index (χ0v) is 14.7. The van der Waals surface area contributed by atoms with Gasteiger partial charge >= 0.3 is 0 Å². The molecule has 0 saturated carbocycles. The molecule has 0 aliphatic carbocycles. The van der Waals surface area contributed by atoms with Crippen LogP contribution in [0.5, 0.6) is 0 Å². The third-order valence-corrected chi connectivity index (χ3v) is 4.10. The standard InChI is InChI=1S/C20H19ClN2O2/c1-14-18(23-20(25-14)16-7-3-2-4-8-16)13-19(24)22-11-10-15-6-5-9-17(21)12-15/h2-9,12H,10-11,13H2,1H3,(H,22,24). The number of rotatable bonds is 6. The molecule has 3 aromatic rings. The molecule has 0 spiro atoms. The average molecular weight is 355 g/mol. The number of aryl methyl sites for hydroxylation is 1. The summed E-state index contributed by atoms with van der Waals surface area (Å²) in [4.78, 5) is 16.6. The molecule has 0 fully saturated rings. The van der Waals surface area contributed by atoms with Crippen LogP contribution in [0.3, 0.4) is 0 Å². The molecular formula is C20H19ClN2O2. The Morgan fingerprint density at radius 3 is 2.72 bits per heavy atom. The summed E-state index contributed by atoms with van der Waals surface area (Å²) in [6, 6.07) is 17.3. The van der Waals surface area contributed by atoms with Crippen LogP contribution in [0.2, 0.25) is 5.02 Å². The number of amides is 1. The summed E-state index contributed by atoms with van der Waals surface area (Å²) in [5, 5.41) is 3.62. The van der Waals surface area contributed by atoms with Gasteiger partial charge < -0.3 is 9.73 Å². The first-order valence-corrected chi connectivity index (χ1v) is 8.52. The van der Waals surface area contributed by atoms with Crippen molar-refractivity contribution in [2.75, 3.05) is 6.54 Å². The van der Waals surface area contributed by atoms with Gasteiger partial charge in [-0.05, 0) is 43.2 Å². The minimum atomic E-state index is -0.0713. The number of carbonyl (C=O) groups is 1. The molecule has 1 heterocycles. The Morgan fingerprint density at radius 2 is 1.96 bits per heavy atom. The Hall–Kier alpha value is -2.59. The molecule has 2 aromatic carbocycles. The van der Waals surface area contributed by atoms with E-state index in [4.69, 9.17) is 16.0 Å². The maximum atomic E-state index is 12.1. The number of oxazole rings is 1. The molecule has 25 heavy (non-hydrogen) atoms. The smallest absolute Gasteiger partial charge is 0.226 e. The summed E-state index contributed by atoms with van der Waals surface area (Å²) >= 11 is 5.96. The van der Waals surface area contributed by atoms with E-state index in [1.165, 1.54) is 0 Å². The second-order valence-electron chi connectivity index (χ2n) is 5.79. The van der Waals surface area contributed by atoms with E-state index in [-0.39, 0.29) is 12.3 Å². The van der Waals surface area contributed by atoms with Crippen molar-refractivity contribution in [2.24, 2.45) is 0 Å².